The average Bonchev–Trinajstić information content (AvgIpc) is 2.86. The summed E-state index contributed by atoms with van der Waals surface area (Å²) in [5.74, 6) is -1.50. The molecule has 0 atom stereocenters. The van der Waals surface area contributed by atoms with Gasteiger partial charge in [0.05, 0.1) is 5.02 Å². The predicted molar refractivity (Wildman–Crippen MR) is 96.1 cm³/mol. The maximum absolute atomic E-state index is 14.4. The quantitative estimate of drug-likeness (QED) is 0.501. The maximum atomic E-state index is 14.4. The molecule has 0 aliphatic rings. The van der Waals surface area contributed by atoms with Crippen LogP contribution in [0.25, 0.3) is 17.3 Å². The number of allylic oxidation sites excluding steroid dienone is 3. The Morgan fingerprint density at radius 2 is 2.04 bits per heavy atom. The molecular weight excluding hydrogens is 330 g/mol. The lowest BCUT2D eigenvalue weighted by molar-refractivity contribution is 0.564. The average molecular weight is 351 g/mol. The van der Waals surface area contributed by atoms with Crippen molar-refractivity contribution >= 4 is 17.7 Å². The standard InChI is InChI=1S/C19H21ClF2N2/c1-5-11(3)8-7-9-13-12(4)23-16(6-2)17(13)18-15(21)10-14(20)19(22)24-18/h7-10,23H,5-6H2,1-4H3. The molecule has 0 radical (unpaired) electrons. The second kappa shape index (κ2) is 7.75. The van der Waals surface area contributed by atoms with Crippen molar-refractivity contribution in [2.45, 2.75) is 40.5 Å². The zero-order valence-electron chi connectivity index (χ0n) is 14.3. The van der Waals surface area contributed by atoms with Crippen LogP contribution in [0.3, 0.4) is 0 Å². The highest BCUT2D eigenvalue weighted by Crippen LogP contribution is 2.33. The third-order valence-corrected chi connectivity index (χ3v) is 4.26. The number of pyridine rings is 1. The van der Waals surface area contributed by atoms with Gasteiger partial charge in [0.1, 0.15) is 5.69 Å². The van der Waals surface area contributed by atoms with Crippen molar-refractivity contribution in [3.8, 4) is 11.3 Å². The Morgan fingerprint density at radius 3 is 2.67 bits per heavy atom. The first-order valence-corrected chi connectivity index (χ1v) is 8.33. The highest BCUT2D eigenvalue weighted by molar-refractivity contribution is 6.30. The third-order valence-electron chi connectivity index (χ3n) is 3.99. The molecule has 2 aromatic rings. The van der Waals surface area contributed by atoms with Crippen LogP contribution in [-0.4, -0.2) is 9.97 Å². The number of nitrogens with one attached hydrogen (secondary N) is 1. The summed E-state index contributed by atoms with van der Waals surface area (Å²) in [6, 6.07) is 0.968. The Hall–Kier alpha value is -1.94. The molecule has 24 heavy (non-hydrogen) atoms. The van der Waals surface area contributed by atoms with Gasteiger partial charge in [0, 0.05) is 22.5 Å². The molecule has 2 aromatic heterocycles. The lowest BCUT2D eigenvalue weighted by Gasteiger charge is -2.07. The smallest absolute Gasteiger partial charge is 0.232 e. The SMILES string of the molecule is CCC(C)=CC=Cc1c(C)[nH]c(CC)c1-c1nc(F)c(Cl)cc1F. The number of hydrogen-bond acceptors (Lipinski definition) is 1. The summed E-state index contributed by atoms with van der Waals surface area (Å²) in [4.78, 5) is 6.98. The minimum atomic E-state index is -0.870. The van der Waals surface area contributed by atoms with Crippen LogP contribution in [0, 0.1) is 18.7 Å². The number of nitrogens with zero attached hydrogens (tertiary/aromatic N) is 1. The van der Waals surface area contributed by atoms with Crippen LogP contribution in [0.5, 0.6) is 0 Å². The Bertz CT molecular complexity index is 804. The van der Waals surface area contributed by atoms with E-state index in [0.717, 1.165) is 29.4 Å². The molecule has 2 rings (SSSR count). The second-order valence-electron chi connectivity index (χ2n) is 5.69. The first kappa shape index (κ1) is 18.4. The lowest BCUT2D eigenvalue weighted by Crippen LogP contribution is -1.97. The largest absolute Gasteiger partial charge is 0.361 e. The molecule has 0 bridgehead atoms. The van der Waals surface area contributed by atoms with Crippen molar-refractivity contribution in [2.24, 2.45) is 0 Å². The summed E-state index contributed by atoms with van der Waals surface area (Å²) in [5, 5.41) is -0.319. The molecule has 0 aliphatic carbocycles. The van der Waals surface area contributed by atoms with Crippen molar-refractivity contribution in [1.29, 1.82) is 0 Å². The number of halogens is 3. The summed E-state index contributed by atoms with van der Waals surface area (Å²) < 4.78 is 28.1. The van der Waals surface area contributed by atoms with Gasteiger partial charge in [0.15, 0.2) is 5.82 Å². The molecule has 2 nitrogen and oxygen atoms in total. The summed E-state index contributed by atoms with van der Waals surface area (Å²) in [6.07, 6.45) is 7.44. The van der Waals surface area contributed by atoms with Gasteiger partial charge in [-0.05, 0) is 32.8 Å². The van der Waals surface area contributed by atoms with Crippen molar-refractivity contribution < 1.29 is 8.78 Å². The molecule has 5 heteroatoms. The number of aromatic amines is 1. The lowest BCUT2D eigenvalue weighted by atomic mass is 10.0. The monoisotopic (exact) mass is 350 g/mol. The molecule has 0 amide bonds. The third kappa shape index (κ3) is 3.75. The van der Waals surface area contributed by atoms with Crippen LogP contribution >= 0.6 is 11.6 Å². The molecule has 0 fully saturated rings. The highest BCUT2D eigenvalue weighted by Gasteiger charge is 2.20. The minimum absolute atomic E-state index is 0.0195. The Balaban J connectivity index is 2.63. The van der Waals surface area contributed by atoms with Gasteiger partial charge in [-0.3, -0.25) is 0 Å². The fourth-order valence-corrected chi connectivity index (χ4v) is 2.63. The molecule has 128 valence electrons. The van der Waals surface area contributed by atoms with Crippen LogP contribution in [-0.2, 0) is 6.42 Å². The fraction of sp³-hybridized carbons (Fsp3) is 0.316. The van der Waals surface area contributed by atoms with Gasteiger partial charge < -0.3 is 4.98 Å². The van der Waals surface area contributed by atoms with Gasteiger partial charge >= 0.3 is 0 Å². The van der Waals surface area contributed by atoms with E-state index in [1.54, 1.807) is 0 Å². The molecule has 0 aromatic carbocycles. The Morgan fingerprint density at radius 1 is 1.33 bits per heavy atom. The zero-order chi connectivity index (χ0) is 17.9. The van der Waals surface area contributed by atoms with Crippen LogP contribution in [0.4, 0.5) is 8.78 Å². The first-order valence-electron chi connectivity index (χ1n) is 7.96. The van der Waals surface area contributed by atoms with Crippen molar-refractivity contribution in [3.63, 3.8) is 0 Å². The van der Waals surface area contributed by atoms with Crippen LogP contribution in [0.2, 0.25) is 5.02 Å². The van der Waals surface area contributed by atoms with E-state index in [1.807, 2.05) is 39.0 Å². The van der Waals surface area contributed by atoms with Gasteiger partial charge in [0.2, 0.25) is 5.95 Å². The molecule has 0 spiro atoms. The van der Waals surface area contributed by atoms with E-state index in [0.29, 0.717) is 12.0 Å². The fourth-order valence-electron chi connectivity index (χ4n) is 2.50. The van der Waals surface area contributed by atoms with Gasteiger partial charge in [-0.1, -0.05) is 49.2 Å². The molecule has 0 saturated carbocycles. The number of hydrogen-bond donors (Lipinski definition) is 1. The minimum Gasteiger partial charge on any atom is -0.361 e. The predicted octanol–water partition coefficient (Wildman–Crippen LogP) is 6.25. The van der Waals surface area contributed by atoms with E-state index in [-0.39, 0.29) is 10.7 Å². The number of rotatable bonds is 5. The molecule has 0 saturated heterocycles. The summed E-state index contributed by atoms with van der Waals surface area (Å²) in [5.41, 5.74) is 4.31. The molecule has 1 N–H and O–H groups in total. The van der Waals surface area contributed by atoms with E-state index in [2.05, 4.69) is 16.9 Å². The van der Waals surface area contributed by atoms with Gasteiger partial charge in [-0.15, -0.1) is 0 Å². The van der Waals surface area contributed by atoms with Crippen molar-refractivity contribution in [1.82, 2.24) is 9.97 Å². The molecule has 0 unspecified atom stereocenters. The van der Waals surface area contributed by atoms with Crippen molar-refractivity contribution in [3.05, 3.63) is 57.5 Å². The van der Waals surface area contributed by atoms with Gasteiger partial charge in [-0.2, -0.15) is 4.39 Å². The highest BCUT2D eigenvalue weighted by atomic mass is 35.5. The van der Waals surface area contributed by atoms with E-state index in [4.69, 9.17) is 11.6 Å². The number of aryl methyl sites for hydroxylation is 2. The van der Waals surface area contributed by atoms with E-state index < -0.39 is 11.8 Å². The summed E-state index contributed by atoms with van der Waals surface area (Å²) >= 11 is 5.62. The Labute approximate surface area is 146 Å². The van der Waals surface area contributed by atoms with Crippen LogP contribution in [0.15, 0.2) is 23.8 Å². The van der Waals surface area contributed by atoms with Crippen LogP contribution in [0.1, 0.15) is 44.1 Å². The Kier molecular flexibility index (Phi) is 5.94. The summed E-state index contributed by atoms with van der Waals surface area (Å²) in [7, 11) is 0. The summed E-state index contributed by atoms with van der Waals surface area (Å²) in [6.45, 7) is 7.98. The van der Waals surface area contributed by atoms with E-state index >= 15 is 0 Å². The van der Waals surface area contributed by atoms with E-state index in [1.165, 1.54) is 5.57 Å². The second-order valence-corrected chi connectivity index (χ2v) is 6.10. The molecule has 0 aliphatic heterocycles. The van der Waals surface area contributed by atoms with Gasteiger partial charge in [-0.25, -0.2) is 9.37 Å². The normalized spacial score (nSPS) is 12.4. The van der Waals surface area contributed by atoms with Crippen molar-refractivity contribution in [2.75, 3.05) is 0 Å². The number of H-pyrrole nitrogens is 1. The topological polar surface area (TPSA) is 28.7 Å². The number of aromatic nitrogens is 2. The maximum Gasteiger partial charge on any atom is 0.232 e. The zero-order valence-corrected chi connectivity index (χ0v) is 15.1. The molecular formula is C19H21ClF2N2. The van der Waals surface area contributed by atoms with E-state index in [9.17, 15) is 8.78 Å². The van der Waals surface area contributed by atoms with Crippen LogP contribution < -0.4 is 0 Å². The first-order chi connectivity index (χ1) is 11.4. The van der Waals surface area contributed by atoms with Gasteiger partial charge in [0.25, 0.3) is 0 Å². The molecule has 2 heterocycles.